The second-order valence-corrected chi connectivity index (χ2v) is 5.65. The molecule has 2 atom stereocenters. The third-order valence-electron chi connectivity index (χ3n) is 3.97. The normalized spacial score (nSPS) is 31.7. The van der Waals surface area contributed by atoms with E-state index in [9.17, 15) is 0 Å². The van der Waals surface area contributed by atoms with Crippen LogP contribution in [0, 0.1) is 0 Å². The molecule has 2 unspecified atom stereocenters. The third kappa shape index (κ3) is 3.35. The second kappa shape index (κ2) is 6.23. The quantitative estimate of drug-likeness (QED) is 0.691. The maximum absolute atomic E-state index is 5.91. The van der Waals surface area contributed by atoms with E-state index in [0.29, 0.717) is 12.2 Å². The van der Waals surface area contributed by atoms with Crippen molar-refractivity contribution in [1.82, 2.24) is 4.90 Å². The van der Waals surface area contributed by atoms with Crippen LogP contribution in [0.4, 0.5) is 0 Å². The minimum absolute atomic E-state index is 0.457. The van der Waals surface area contributed by atoms with Crippen LogP contribution in [0.15, 0.2) is 0 Å². The molecule has 2 aliphatic rings. The Labute approximate surface area is 104 Å². The summed E-state index contributed by atoms with van der Waals surface area (Å²) in [7, 11) is 0. The Morgan fingerprint density at radius 3 is 2.50 bits per heavy atom. The predicted molar refractivity (Wildman–Crippen MR) is 68.1 cm³/mol. The zero-order valence-electron chi connectivity index (χ0n) is 10.3. The summed E-state index contributed by atoms with van der Waals surface area (Å²) >= 11 is 5.91. The van der Waals surface area contributed by atoms with E-state index >= 15 is 0 Å². The van der Waals surface area contributed by atoms with Crippen LogP contribution in [0.25, 0.3) is 0 Å². The number of nitrogens with zero attached hydrogens (tertiary/aromatic N) is 1. The topological polar surface area (TPSA) is 12.5 Å². The summed E-state index contributed by atoms with van der Waals surface area (Å²) in [4.78, 5) is 2.57. The average Bonchev–Trinajstić information content (AvgIpc) is 2.88. The first kappa shape index (κ1) is 12.7. The van der Waals surface area contributed by atoms with Gasteiger partial charge in [-0.15, -0.1) is 11.6 Å². The lowest BCUT2D eigenvalue weighted by Gasteiger charge is -2.30. The van der Waals surface area contributed by atoms with Gasteiger partial charge in [0.25, 0.3) is 0 Å². The van der Waals surface area contributed by atoms with E-state index < -0.39 is 0 Å². The van der Waals surface area contributed by atoms with Crippen molar-refractivity contribution in [3.05, 3.63) is 0 Å². The van der Waals surface area contributed by atoms with Crippen LogP contribution in [0.5, 0.6) is 0 Å². The molecule has 0 aromatic carbocycles. The van der Waals surface area contributed by atoms with Crippen LogP contribution < -0.4 is 0 Å². The summed E-state index contributed by atoms with van der Waals surface area (Å²) in [5.74, 6) is 0.749. The zero-order valence-corrected chi connectivity index (χ0v) is 11.1. The van der Waals surface area contributed by atoms with Gasteiger partial charge in [-0.25, -0.2) is 0 Å². The molecule has 0 aromatic heterocycles. The summed E-state index contributed by atoms with van der Waals surface area (Å²) in [6, 6.07) is 0.776. The number of rotatable bonds is 5. The molecule has 1 aliphatic carbocycles. The minimum Gasteiger partial charge on any atom is -0.374 e. The molecule has 0 bridgehead atoms. The van der Waals surface area contributed by atoms with E-state index in [1.807, 2.05) is 0 Å². The Kier molecular flexibility index (Phi) is 4.93. The van der Waals surface area contributed by atoms with Crippen LogP contribution >= 0.6 is 11.6 Å². The molecule has 0 radical (unpaired) electrons. The number of hydrogen-bond acceptors (Lipinski definition) is 2. The molecule has 2 rings (SSSR count). The van der Waals surface area contributed by atoms with Gasteiger partial charge in [-0.05, 0) is 32.6 Å². The fourth-order valence-corrected chi connectivity index (χ4v) is 3.30. The van der Waals surface area contributed by atoms with Gasteiger partial charge in [-0.3, -0.25) is 4.90 Å². The minimum atomic E-state index is 0.457. The summed E-state index contributed by atoms with van der Waals surface area (Å²) in [5, 5.41) is 0. The molecule has 0 amide bonds. The van der Waals surface area contributed by atoms with Crippen molar-refractivity contribution in [2.75, 3.05) is 19.0 Å². The Morgan fingerprint density at radius 2 is 1.94 bits per heavy atom. The van der Waals surface area contributed by atoms with E-state index in [1.54, 1.807) is 0 Å². The van der Waals surface area contributed by atoms with Crippen LogP contribution in [-0.4, -0.2) is 42.1 Å². The molecule has 0 N–H and O–H groups in total. The standard InChI is InChI=1S/C13H24ClNO/c1-11-6-7-13(16-11)10-15(9-8-14)12-4-2-3-5-12/h11-13H,2-10H2,1H3. The monoisotopic (exact) mass is 245 g/mol. The first-order valence-corrected chi connectivity index (χ1v) is 7.28. The van der Waals surface area contributed by atoms with Gasteiger partial charge >= 0.3 is 0 Å². The summed E-state index contributed by atoms with van der Waals surface area (Å²) in [6.45, 7) is 4.31. The first-order chi connectivity index (χ1) is 7.79. The molecule has 2 nitrogen and oxygen atoms in total. The fourth-order valence-electron chi connectivity index (χ4n) is 3.08. The van der Waals surface area contributed by atoms with E-state index in [2.05, 4.69) is 11.8 Å². The summed E-state index contributed by atoms with van der Waals surface area (Å²) in [6.07, 6.45) is 8.89. The number of halogens is 1. The molecule has 1 saturated heterocycles. The van der Waals surface area contributed by atoms with Gasteiger partial charge in [0.05, 0.1) is 12.2 Å². The highest BCUT2D eigenvalue weighted by molar-refractivity contribution is 6.18. The van der Waals surface area contributed by atoms with Crippen molar-refractivity contribution in [2.45, 2.75) is 63.7 Å². The third-order valence-corrected chi connectivity index (χ3v) is 4.14. The zero-order chi connectivity index (χ0) is 11.4. The molecule has 94 valence electrons. The van der Waals surface area contributed by atoms with Gasteiger partial charge in [-0.1, -0.05) is 12.8 Å². The van der Waals surface area contributed by atoms with E-state index in [4.69, 9.17) is 16.3 Å². The highest BCUT2D eigenvalue weighted by atomic mass is 35.5. The maximum atomic E-state index is 5.91. The Bertz CT molecular complexity index is 206. The van der Waals surface area contributed by atoms with E-state index in [0.717, 1.165) is 25.0 Å². The van der Waals surface area contributed by atoms with Crippen molar-refractivity contribution < 1.29 is 4.74 Å². The average molecular weight is 246 g/mol. The molecule has 16 heavy (non-hydrogen) atoms. The molecule has 3 heteroatoms. The number of ether oxygens (including phenoxy) is 1. The molecule has 1 aliphatic heterocycles. The van der Waals surface area contributed by atoms with Gasteiger partial charge in [0.15, 0.2) is 0 Å². The first-order valence-electron chi connectivity index (χ1n) is 6.75. The fraction of sp³-hybridized carbons (Fsp3) is 1.00. The van der Waals surface area contributed by atoms with Crippen molar-refractivity contribution in [1.29, 1.82) is 0 Å². The van der Waals surface area contributed by atoms with Crippen molar-refractivity contribution in [2.24, 2.45) is 0 Å². The van der Waals surface area contributed by atoms with Crippen LogP contribution in [0.1, 0.15) is 45.4 Å². The molecule has 1 heterocycles. The van der Waals surface area contributed by atoms with Gasteiger partial charge in [0.1, 0.15) is 0 Å². The summed E-state index contributed by atoms with van der Waals surface area (Å²) in [5.41, 5.74) is 0. The van der Waals surface area contributed by atoms with Gasteiger partial charge in [0.2, 0.25) is 0 Å². The molecule has 0 aromatic rings. The van der Waals surface area contributed by atoms with E-state index in [1.165, 1.54) is 38.5 Å². The maximum Gasteiger partial charge on any atom is 0.0706 e. The molecule has 1 saturated carbocycles. The predicted octanol–water partition coefficient (Wildman–Crippen LogP) is 3.04. The lowest BCUT2D eigenvalue weighted by molar-refractivity contribution is 0.0235. The Morgan fingerprint density at radius 1 is 1.19 bits per heavy atom. The Balaban J connectivity index is 1.81. The molecule has 0 spiro atoms. The summed E-state index contributed by atoms with van der Waals surface area (Å²) < 4.78 is 5.91. The van der Waals surface area contributed by atoms with Crippen LogP contribution in [0.2, 0.25) is 0 Å². The van der Waals surface area contributed by atoms with Crippen molar-refractivity contribution in [3.63, 3.8) is 0 Å². The van der Waals surface area contributed by atoms with E-state index in [-0.39, 0.29) is 0 Å². The molecular weight excluding hydrogens is 222 g/mol. The lowest BCUT2D eigenvalue weighted by atomic mass is 10.1. The number of alkyl halides is 1. The SMILES string of the molecule is CC1CCC(CN(CCCl)C2CCCC2)O1. The highest BCUT2D eigenvalue weighted by Gasteiger charge is 2.28. The molecule has 2 fully saturated rings. The smallest absolute Gasteiger partial charge is 0.0706 e. The largest absolute Gasteiger partial charge is 0.374 e. The van der Waals surface area contributed by atoms with Crippen LogP contribution in [-0.2, 0) is 4.74 Å². The Hall–Kier alpha value is 0.210. The van der Waals surface area contributed by atoms with Gasteiger partial charge in [0, 0.05) is 25.0 Å². The van der Waals surface area contributed by atoms with Crippen molar-refractivity contribution in [3.8, 4) is 0 Å². The molecular formula is C13H24ClNO. The van der Waals surface area contributed by atoms with Gasteiger partial charge in [-0.2, -0.15) is 0 Å². The second-order valence-electron chi connectivity index (χ2n) is 5.27. The highest BCUT2D eigenvalue weighted by Crippen LogP contribution is 2.26. The van der Waals surface area contributed by atoms with Gasteiger partial charge < -0.3 is 4.74 Å². The van der Waals surface area contributed by atoms with Crippen LogP contribution in [0.3, 0.4) is 0 Å². The number of hydrogen-bond donors (Lipinski definition) is 0. The van der Waals surface area contributed by atoms with Crippen molar-refractivity contribution >= 4 is 11.6 Å². The lowest BCUT2D eigenvalue weighted by Crippen LogP contribution is -2.40.